The normalized spacial score (nSPS) is 19.7. The lowest BCUT2D eigenvalue weighted by Crippen LogP contribution is -2.31. The van der Waals surface area contributed by atoms with Gasteiger partial charge in [-0.05, 0) is 17.7 Å². The number of para-hydroxylation sites is 1. The van der Waals surface area contributed by atoms with E-state index < -0.39 is 0 Å². The fraction of sp³-hybridized carbons (Fsp3) is 0.136. The lowest BCUT2D eigenvalue weighted by Gasteiger charge is -2.27. The highest BCUT2D eigenvalue weighted by molar-refractivity contribution is 6.06. The highest BCUT2D eigenvalue weighted by atomic mass is 16.5. The molecule has 0 bridgehead atoms. The fourth-order valence-electron chi connectivity index (χ4n) is 3.35. The Hall–Kier alpha value is -2.91. The molecule has 0 amide bonds. The maximum Gasteiger partial charge on any atom is 0.128 e. The number of benzene rings is 3. The van der Waals surface area contributed by atoms with Gasteiger partial charge in [-0.2, -0.15) is 5.10 Å². The van der Waals surface area contributed by atoms with Crippen LogP contribution in [0.25, 0.3) is 0 Å². The Labute approximate surface area is 148 Å². The monoisotopic (exact) mass is 328 g/mol. The first-order valence-corrected chi connectivity index (χ1v) is 8.44. The standard InChI is InChI=1S/C22H20N2O/c1-25-22-20(17-11-5-2-6-12-17)23-24(19-15-9-4-10-16-19)21(22)18-13-7-3-8-14-18/h2-16,21-22H,1H3. The van der Waals surface area contributed by atoms with E-state index in [9.17, 15) is 0 Å². The van der Waals surface area contributed by atoms with Crippen LogP contribution in [0.1, 0.15) is 17.2 Å². The Balaban J connectivity index is 1.84. The molecule has 0 saturated carbocycles. The number of methoxy groups -OCH3 is 1. The second kappa shape index (κ2) is 6.91. The molecule has 3 heteroatoms. The van der Waals surface area contributed by atoms with E-state index in [4.69, 9.17) is 9.84 Å². The van der Waals surface area contributed by atoms with Gasteiger partial charge in [0.05, 0.1) is 11.4 Å². The largest absolute Gasteiger partial charge is 0.372 e. The molecule has 3 aromatic carbocycles. The van der Waals surface area contributed by atoms with E-state index in [2.05, 4.69) is 53.5 Å². The van der Waals surface area contributed by atoms with Crippen LogP contribution in [-0.2, 0) is 4.74 Å². The van der Waals surface area contributed by atoms with E-state index in [1.165, 1.54) is 5.56 Å². The second-order valence-electron chi connectivity index (χ2n) is 6.04. The number of ether oxygens (including phenoxy) is 1. The molecule has 0 saturated heterocycles. The third kappa shape index (κ3) is 2.94. The molecule has 0 fully saturated rings. The van der Waals surface area contributed by atoms with Gasteiger partial charge in [-0.1, -0.05) is 78.9 Å². The predicted molar refractivity (Wildman–Crippen MR) is 102 cm³/mol. The van der Waals surface area contributed by atoms with Crippen molar-refractivity contribution in [2.45, 2.75) is 12.1 Å². The van der Waals surface area contributed by atoms with Crippen molar-refractivity contribution in [3.8, 4) is 0 Å². The molecule has 25 heavy (non-hydrogen) atoms. The molecule has 0 radical (unpaired) electrons. The van der Waals surface area contributed by atoms with E-state index >= 15 is 0 Å². The van der Waals surface area contributed by atoms with E-state index in [-0.39, 0.29) is 12.1 Å². The van der Waals surface area contributed by atoms with Crippen molar-refractivity contribution in [3.63, 3.8) is 0 Å². The summed E-state index contributed by atoms with van der Waals surface area (Å²) in [7, 11) is 1.76. The summed E-state index contributed by atoms with van der Waals surface area (Å²) in [5.74, 6) is 0. The first-order valence-electron chi connectivity index (χ1n) is 8.44. The molecular formula is C22H20N2O. The van der Waals surface area contributed by atoms with Crippen LogP contribution in [0.15, 0.2) is 96.1 Å². The SMILES string of the molecule is COC1C(c2ccccc2)=NN(c2ccccc2)C1c1ccccc1. The van der Waals surface area contributed by atoms with Gasteiger partial charge >= 0.3 is 0 Å². The average molecular weight is 328 g/mol. The summed E-state index contributed by atoms with van der Waals surface area (Å²) in [5, 5.41) is 7.04. The Kier molecular flexibility index (Phi) is 4.32. The molecular weight excluding hydrogens is 308 g/mol. The maximum absolute atomic E-state index is 5.92. The van der Waals surface area contributed by atoms with Gasteiger partial charge in [0.2, 0.25) is 0 Å². The fourth-order valence-corrected chi connectivity index (χ4v) is 3.35. The van der Waals surface area contributed by atoms with Gasteiger partial charge < -0.3 is 4.74 Å². The molecule has 0 aliphatic carbocycles. The van der Waals surface area contributed by atoms with Crippen LogP contribution < -0.4 is 5.01 Å². The summed E-state index contributed by atoms with van der Waals surface area (Å²) in [6.45, 7) is 0. The predicted octanol–water partition coefficient (Wildman–Crippen LogP) is 4.67. The first-order chi connectivity index (χ1) is 12.4. The molecule has 124 valence electrons. The lowest BCUT2D eigenvalue weighted by atomic mass is 9.95. The minimum Gasteiger partial charge on any atom is -0.372 e. The number of nitrogens with zero attached hydrogens (tertiary/aromatic N) is 2. The third-order valence-electron chi connectivity index (χ3n) is 4.52. The second-order valence-corrected chi connectivity index (χ2v) is 6.04. The Morgan fingerprint density at radius 1 is 0.760 bits per heavy atom. The van der Waals surface area contributed by atoms with Gasteiger partial charge in [0, 0.05) is 12.7 Å². The van der Waals surface area contributed by atoms with Crippen molar-refractivity contribution in [3.05, 3.63) is 102 Å². The summed E-state index contributed by atoms with van der Waals surface area (Å²) in [4.78, 5) is 0. The highest BCUT2D eigenvalue weighted by Crippen LogP contribution is 2.38. The average Bonchev–Trinajstić information content (AvgIpc) is 3.09. The first kappa shape index (κ1) is 15.6. The summed E-state index contributed by atoms with van der Waals surface area (Å²) >= 11 is 0. The molecule has 0 N–H and O–H groups in total. The topological polar surface area (TPSA) is 24.8 Å². The van der Waals surface area contributed by atoms with Gasteiger partial charge in [-0.15, -0.1) is 0 Å². The molecule has 2 unspecified atom stereocenters. The van der Waals surface area contributed by atoms with E-state index in [0.717, 1.165) is 17.0 Å². The number of hydrazone groups is 1. The minimum absolute atomic E-state index is 0.00352. The van der Waals surface area contributed by atoms with Crippen molar-refractivity contribution in [2.24, 2.45) is 5.10 Å². The van der Waals surface area contributed by atoms with Gasteiger partial charge in [-0.25, -0.2) is 0 Å². The van der Waals surface area contributed by atoms with Crippen LogP contribution in [0.4, 0.5) is 5.69 Å². The Morgan fingerprint density at radius 3 is 1.92 bits per heavy atom. The smallest absolute Gasteiger partial charge is 0.128 e. The minimum atomic E-state index is -0.134. The van der Waals surface area contributed by atoms with Crippen molar-refractivity contribution < 1.29 is 4.74 Å². The van der Waals surface area contributed by atoms with Crippen molar-refractivity contribution in [2.75, 3.05) is 12.1 Å². The lowest BCUT2D eigenvalue weighted by molar-refractivity contribution is 0.139. The van der Waals surface area contributed by atoms with Crippen LogP contribution >= 0.6 is 0 Å². The van der Waals surface area contributed by atoms with Crippen LogP contribution in [0.5, 0.6) is 0 Å². The molecule has 0 aromatic heterocycles. The summed E-state index contributed by atoms with van der Waals surface area (Å²) in [5.41, 5.74) is 4.30. The zero-order valence-corrected chi connectivity index (χ0v) is 14.1. The van der Waals surface area contributed by atoms with Gasteiger partial charge in [0.15, 0.2) is 0 Å². The van der Waals surface area contributed by atoms with Gasteiger partial charge in [0.25, 0.3) is 0 Å². The van der Waals surface area contributed by atoms with Crippen LogP contribution in [0.2, 0.25) is 0 Å². The van der Waals surface area contributed by atoms with Crippen molar-refractivity contribution >= 4 is 11.4 Å². The summed E-state index contributed by atoms with van der Waals surface area (Å²) < 4.78 is 5.92. The Bertz CT molecular complexity index is 847. The van der Waals surface area contributed by atoms with Crippen molar-refractivity contribution in [1.82, 2.24) is 0 Å². The van der Waals surface area contributed by atoms with E-state index in [1.54, 1.807) is 7.11 Å². The molecule has 2 atom stereocenters. The van der Waals surface area contributed by atoms with Gasteiger partial charge in [-0.3, -0.25) is 5.01 Å². The van der Waals surface area contributed by atoms with Crippen LogP contribution in [0, 0.1) is 0 Å². The van der Waals surface area contributed by atoms with Gasteiger partial charge in [0.1, 0.15) is 12.1 Å². The number of anilines is 1. The molecule has 1 aliphatic heterocycles. The van der Waals surface area contributed by atoms with E-state index in [0.29, 0.717) is 0 Å². The quantitative estimate of drug-likeness (QED) is 0.695. The number of hydrogen-bond acceptors (Lipinski definition) is 3. The number of rotatable bonds is 4. The molecule has 0 spiro atoms. The highest BCUT2D eigenvalue weighted by Gasteiger charge is 2.39. The van der Waals surface area contributed by atoms with Crippen LogP contribution in [0.3, 0.4) is 0 Å². The zero-order chi connectivity index (χ0) is 17.1. The summed E-state index contributed by atoms with van der Waals surface area (Å²) in [6.07, 6.45) is -0.134. The van der Waals surface area contributed by atoms with Crippen LogP contribution in [-0.4, -0.2) is 18.9 Å². The molecule has 4 rings (SSSR count). The molecule has 3 aromatic rings. The van der Waals surface area contributed by atoms with Crippen molar-refractivity contribution in [1.29, 1.82) is 0 Å². The molecule has 3 nitrogen and oxygen atoms in total. The maximum atomic E-state index is 5.92. The zero-order valence-electron chi connectivity index (χ0n) is 14.1. The third-order valence-corrected chi connectivity index (χ3v) is 4.52. The Morgan fingerprint density at radius 2 is 1.32 bits per heavy atom. The molecule has 1 aliphatic rings. The molecule has 1 heterocycles. The van der Waals surface area contributed by atoms with E-state index in [1.807, 2.05) is 42.5 Å². The number of hydrogen-bond donors (Lipinski definition) is 0. The summed E-state index contributed by atoms with van der Waals surface area (Å²) in [6, 6.07) is 30.9.